The molecule has 2 heterocycles. The maximum atomic E-state index is 12.2. The van der Waals surface area contributed by atoms with Crippen LogP contribution >= 0.6 is 11.8 Å². The lowest BCUT2D eigenvalue weighted by atomic mass is 9.99. The average Bonchev–Trinajstić information content (AvgIpc) is 3.02. The summed E-state index contributed by atoms with van der Waals surface area (Å²) in [5.41, 5.74) is 1.75. The highest BCUT2D eigenvalue weighted by Gasteiger charge is 2.16. The van der Waals surface area contributed by atoms with E-state index >= 15 is 0 Å². The fourth-order valence-electron chi connectivity index (χ4n) is 3.18. The second-order valence-corrected chi connectivity index (χ2v) is 7.96. The number of thioether (sulfide) groups is 1. The van der Waals surface area contributed by atoms with E-state index in [4.69, 9.17) is 0 Å². The molecule has 1 aliphatic heterocycles. The van der Waals surface area contributed by atoms with E-state index in [0.29, 0.717) is 11.7 Å². The van der Waals surface area contributed by atoms with Gasteiger partial charge in [0.1, 0.15) is 0 Å². The summed E-state index contributed by atoms with van der Waals surface area (Å²) in [5.74, 6) is 0.901. The van der Waals surface area contributed by atoms with Crippen molar-refractivity contribution in [2.45, 2.75) is 44.8 Å². The van der Waals surface area contributed by atoms with Gasteiger partial charge in [-0.15, -0.1) is 5.10 Å². The van der Waals surface area contributed by atoms with Crippen LogP contribution in [-0.4, -0.2) is 39.5 Å². The van der Waals surface area contributed by atoms with Crippen LogP contribution in [0, 0.1) is 5.92 Å². The van der Waals surface area contributed by atoms with Crippen LogP contribution < -0.4 is 15.9 Å². The molecule has 146 valence electrons. The number of nitrogens with one attached hydrogen (secondary N) is 2. The Bertz CT molecular complexity index is 806. The molecule has 1 aromatic heterocycles. The number of rotatable bonds is 7. The first-order chi connectivity index (χ1) is 13.1. The van der Waals surface area contributed by atoms with E-state index in [1.54, 1.807) is 4.57 Å². The lowest BCUT2D eigenvalue weighted by molar-refractivity contribution is -0.113. The Balaban J connectivity index is 1.51. The number of carbonyl (C=O) groups is 1. The zero-order chi connectivity index (χ0) is 19.2. The molecule has 3 rings (SSSR count). The van der Waals surface area contributed by atoms with Crippen LogP contribution in [0.5, 0.6) is 0 Å². The van der Waals surface area contributed by atoms with E-state index < -0.39 is 0 Å². The Labute approximate surface area is 163 Å². The molecule has 0 saturated carbocycles. The van der Waals surface area contributed by atoms with Crippen molar-refractivity contribution in [3.63, 3.8) is 0 Å². The van der Waals surface area contributed by atoms with Crippen LogP contribution in [0.25, 0.3) is 0 Å². The first-order valence-electron chi connectivity index (χ1n) is 9.49. The number of aromatic nitrogens is 3. The minimum atomic E-state index is -0.234. The van der Waals surface area contributed by atoms with Crippen LogP contribution in [-0.2, 0) is 11.3 Å². The van der Waals surface area contributed by atoms with Crippen molar-refractivity contribution < 1.29 is 4.79 Å². The van der Waals surface area contributed by atoms with Crippen LogP contribution in [0.2, 0.25) is 0 Å². The molecule has 1 aliphatic rings. The van der Waals surface area contributed by atoms with Crippen LogP contribution in [0.15, 0.2) is 34.2 Å². The van der Waals surface area contributed by atoms with Gasteiger partial charge in [-0.2, -0.15) is 0 Å². The quantitative estimate of drug-likeness (QED) is 0.712. The van der Waals surface area contributed by atoms with E-state index in [2.05, 4.69) is 39.5 Å². The molecule has 0 spiro atoms. The second-order valence-electron chi connectivity index (χ2n) is 7.02. The molecule has 1 saturated heterocycles. The Kier molecular flexibility index (Phi) is 6.60. The van der Waals surface area contributed by atoms with E-state index in [9.17, 15) is 9.59 Å². The monoisotopic (exact) mass is 389 g/mol. The van der Waals surface area contributed by atoms with Gasteiger partial charge in [0.25, 0.3) is 0 Å². The zero-order valence-electron chi connectivity index (χ0n) is 15.9. The zero-order valence-corrected chi connectivity index (χ0v) is 16.7. The van der Waals surface area contributed by atoms with Crippen molar-refractivity contribution in [3.05, 3.63) is 34.7 Å². The molecule has 0 unspecified atom stereocenters. The maximum Gasteiger partial charge on any atom is 0.343 e. The van der Waals surface area contributed by atoms with Crippen molar-refractivity contribution in [2.75, 3.05) is 29.1 Å². The molecule has 7 nitrogen and oxygen atoms in total. The van der Waals surface area contributed by atoms with Gasteiger partial charge < -0.3 is 10.2 Å². The lowest BCUT2D eigenvalue weighted by Crippen LogP contribution is -2.32. The summed E-state index contributed by atoms with van der Waals surface area (Å²) in [6, 6.07) is 8.01. The molecule has 1 fully saturated rings. The van der Waals surface area contributed by atoms with Gasteiger partial charge in [0.05, 0.1) is 5.75 Å². The molecule has 2 N–H and O–H groups in total. The molecule has 0 radical (unpaired) electrons. The van der Waals surface area contributed by atoms with Gasteiger partial charge in [-0.1, -0.05) is 25.6 Å². The highest BCUT2D eigenvalue weighted by Crippen LogP contribution is 2.24. The van der Waals surface area contributed by atoms with Gasteiger partial charge >= 0.3 is 5.69 Å². The molecule has 2 aromatic rings. The van der Waals surface area contributed by atoms with E-state index in [1.807, 2.05) is 19.1 Å². The molecule has 27 heavy (non-hydrogen) atoms. The van der Waals surface area contributed by atoms with Crippen molar-refractivity contribution in [1.82, 2.24) is 14.8 Å². The summed E-state index contributed by atoms with van der Waals surface area (Å²) in [7, 11) is 0. The lowest BCUT2D eigenvalue weighted by Gasteiger charge is -2.32. The third-order valence-corrected chi connectivity index (χ3v) is 5.78. The van der Waals surface area contributed by atoms with Crippen molar-refractivity contribution in [2.24, 2.45) is 5.92 Å². The Hall–Kier alpha value is -2.22. The summed E-state index contributed by atoms with van der Waals surface area (Å²) >= 11 is 1.26. The topological polar surface area (TPSA) is 83.0 Å². The third-order valence-electron chi connectivity index (χ3n) is 4.80. The predicted octanol–water partition coefficient (Wildman–Crippen LogP) is 2.95. The average molecular weight is 390 g/mol. The van der Waals surface area contributed by atoms with Crippen molar-refractivity contribution in [3.8, 4) is 0 Å². The van der Waals surface area contributed by atoms with E-state index in [0.717, 1.165) is 31.1 Å². The van der Waals surface area contributed by atoms with Crippen LogP contribution in [0.3, 0.4) is 0 Å². The number of nitrogens with zero attached hydrogens (tertiary/aromatic N) is 3. The first kappa shape index (κ1) is 19.5. The molecule has 1 amide bonds. The molecule has 8 heteroatoms. The maximum absolute atomic E-state index is 12.2. The molecular formula is C19H27N5O2S. The predicted molar refractivity (Wildman–Crippen MR) is 110 cm³/mol. The first-order valence-corrected chi connectivity index (χ1v) is 10.5. The highest BCUT2D eigenvalue weighted by molar-refractivity contribution is 7.99. The van der Waals surface area contributed by atoms with Gasteiger partial charge in [0, 0.05) is 31.0 Å². The van der Waals surface area contributed by atoms with Gasteiger partial charge in [0.15, 0.2) is 5.16 Å². The largest absolute Gasteiger partial charge is 0.372 e. The second kappa shape index (κ2) is 9.12. The Morgan fingerprint density at radius 3 is 2.67 bits per heavy atom. The number of H-pyrrole nitrogens is 1. The normalized spacial score (nSPS) is 15.1. The van der Waals surface area contributed by atoms with Gasteiger partial charge in [-0.05, 0) is 49.4 Å². The fraction of sp³-hybridized carbons (Fsp3) is 0.526. The van der Waals surface area contributed by atoms with Crippen LogP contribution in [0.1, 0.15) is 33.1 Å². The number of benzene rings is 1. The Morgan fingerprint density at radius 1 is 1.30 bits per heavy atom. The minimum Gasteiger partial charge on any atom is -0.372 e. The third kappa shape index (κ3) is 5.15. The Morgan fingerprint density at radius 2 is 2.00 bits per heavy atom. The summed E-state index contributed by atoms with van der Waals surface area (Å²) in [5, 5.41) is 9.87. The smallest absolute Gasteiger partial charge is 0.343 e. The van der Waals surface area contributed by atoms with Crippen molar-refractivity contribution >= 4 is 29.0 Å². The number of aromatic amines is 1. The van der Waals surface area contributed by atoms with Gasteiger partial charge in [-0.25, -0.2) is 9.89 Å². The summed E-state index contributed by atoms with van der Waals surface area (Å²) in [6.45, 7) is 7.07. The number of hydrogen-bond donors (Lipinski definition) is 2. The van der Waals surface area contributed by atoms with Crippen molar-refractivity contribution in [1.29, 1.82) is 0 Å². The number of amides is 1. The summed E-state index contributed by atoms with van der Waals surface area (Å²) < 4.78 is 1.56. The minimum absolute atomic E-state index is 0.113. The number of anilines is 2. The summed E-state index contributed by atoms with van der Waals surface area (Å²) in [6.07, 6.45) is 3.29. The van der Waals surface area contributed by atoms with Crippen LogP contribution in [0.4, 0.5) is 11.4 Å². The molecule has 0 atom stereocenters. The highest BCUT2D eigenvalue weighted by atomic mass is 32.2. The molecule has 0 bridgehead atoms. The fourth-order valence-corrected chi connectivity index (χ4v) is 3.96. The van der Waals surface area contributed by atoms with E-state index in [-0.39, 0.29) is 17.3 Å². The number of hydrogen-bond acceptors (Lipinski definition) is 5. The SMILES string of the molecule is CCCn1c(SCC(=O)Nc2ccc(N3CCC(C)CC3)cc2)n[nH]c1=O. The molecular weight excluding hydrogens is 362 g/mol. The number of piperidine rings is 1. The molecule has 1 aromatic carbocycles. The summed E-state index contributed by atoms with van der Waals surface area (Å²) in [4.78, 5) is 26.3. The molecule has 0 aliphatic carbocycles. The van der Waals surface area contributed by atoms with Gasteiger partial charge in [0.2, 0.25) is 5.91 Å². The standard InChI is InChI=1S/C19H27N5O2S/c1-3-10-24-18(26)21-22-19(24)27-13-17(25)20-15-4-6-16(7-5-15)23-11-8-14(2)9-12-23/h4-7,14H,3,8-13H2,1-2H3,(H,20,25)(H,21,26). The van der Waals surface area contributed by atoms with E-state index in [1.165, 1.54) is 30.3 Å². The number of carbonyl (C=O) groups excluding carboxylic acids is 1. The van der Waals surface area contributed by atoms with Gasteiger partial charge in [-0.3, -0.25) is 9.36 Å².